The van der Waals surface area contributed by atoms with Crippen LogP contribution in [-0.4, -0.2) is 43.9 Å². The van der Waals surface area contributed by atoms with Gasteiger partial charge in [0.15, 0.2) is 11.2 Å². The van der Waals surface area contributed by atoms with Gasteiger partial charge < -0.3 is 15.0 Å². The zero-order valence-electron chi connectivity index (χ0n) is 11.5. The van der Waals surface area contributed by atoms with Crippen molar-refractivity contribution in [2.75, 3.05) is 24.6 Å². The van der Waals surface area contributed by atoms with E-state index in [1.807, 2.05) is 4.90 Å². The highest BCUT2D eigenvalue weighted by atomic mass is 16.3. The fourth-order valence-corrected chi connectivity index (χ4v) is 2.64. The molecule has 3 rings (SSSR count). The molecule has 3 heterocycles. The summed E-state index contributed by atoms with van der Waals surface area (Å²) in [5.74, 6) is 0.809. The molecular formula is C12H17N5O3. The quantitative estimate of drug-likeness (QED) is 0.718. The third-order valence-corrected chi connectivity index (χ3v) is 3.93. The van der Waals surface area contributed by atoms with E-state index in [4.69, 9.17) is 0 Å². The number of imidazole rings is 1. The third kappa shape index (κ3) is 1.75. The molecule has 8 heteroatoms. The fourth-order valence-electron chi connectivity index (χ4n) is 2.64. The number of anilines is 1. The van der Waals surface area contributed by atoms with E-state index in [1.165, 1.54) is 11.6 Å². The van der Waals surface area contributed by atoms with E-state index < -0.39 is 5.69 Å². The van der Waals surface area contributed by atoms with Gasteiger partial charge >= 0.3 is 5.69 Å². The minimum absolute atomic E-state index is 0.150. The lowest BCUT2D eigenvalue weighted by Crippen LogP contribution is -2.36. The lowest BCUT2D eigenvalue weighted by atomic mass is 10.1. The van der Waals surface area contributed by atoms with Crippen LogP contribution in [0.5, 0.6) is 0 Å². The molecule has 0 aromatic carbocycles. The zero-order valence-corrected chi connectivity index (χ0v) is 11.5. The van der Waals surface area contributed by atoms with Crippen molar-refractivity contribution < 1.29 is 5.11 Å². The van der Waals surface area contributed by atoms with Gasteiger partial charge in [0.25, 0.3) is 5.56 Å². The molecular weight excluding hydrogens is 262 g/mol. The van der Waals surface area contributed by atoms with Gasteiger partial charge in [-0.3, -0.25) is 13.9 Å². The van der Waals surface area contributed by atoms with Crippen LogP contribution in [0.1, 0.15) is 6.42 Å². The standard InChI is InChI=1S/C12H17N5O3/c1-15-9-8(10(19)16(2)12(15)20)13-11(14-9)17-4-3-7(5-17)6-18/h7,18H,3-6H2,1-2H3,(H,13,14). The Morgan fingerprint density at radius 3 is 2.75 bits per heavy atom. The Kier molecular flexibility index (Phi) is 2.89. The number of aryl methyl sites for hydroxylation is 1. The number of H-pyrrole nitrogens is 1. The van der Waals surface area contributed by atoms with Crippen molar-refractivity contribution in [2.24, 2.45) is 20.0 Å². The molecule has 2 aromatic rings. The Balaban J connectivity index is 2.12. The summed E-state index contributed by atoms with van der Waals surface area (Å²) in [5, 5.41) is 9.18. The van der Waals surface area contributed by atoms with Gasteiger partial charge in [-0.15, -0.1) is 0 Å². The molecule has 1 aliphatic rings. The molecule has 0 bridgehead atoms. The van der Waals surface area contributed by atoms with Crippen molar-refractivity contribution >= 4 is 17.1 Å². The highest BCUT2D eigenvalue weighted by Crippen LogP contribution is 2.22. The van der Waals surface area contributed by atoms with Crippen LogP contribution in [0.2, 0.25) is 0 Å². The summed E-state index contributed by atoms with van der Waals surface area (Å²) in [6, 6.07) is 0. The van der Waals surface area contributed by atoms with Crippen LogP contribution in [0.15, 0.2) is 9.59 Å². The Labute approximate surface area is 114 Å². The number of fused-ring (bicyclic) bond motifs is 1. The number of rotatable bonds is 2. The molecule has 0 saturated carbocycles. The molecule has 1 saturated heterocycles. The van der Waals surface area contributed by atoms with Crippen molar-refractivity contribution in [3.05, 3.63) is 20.8 Å². The number of hydrogen-bond donors (Lipinski definition) is 2. The maximum atomic E-state index is 12.1. The second-order valence-corrected chi connectivity index (χ2v) is 5.25. The molecule has 1 atom stereocenters. The van der Waals surface area contributed by atoms with Gasteiger partial charge in [-0.25, -0.2) is 4.79 Å². The Hall–Kier alpha value is -2.09. The predicted octanol–water partition coefficient (Wildman–Crippen LogP) is -1.22. The van der Waals surface area contributed by atoms with Gasteiger partial charge in [0.05, 0.1) is 0 Å². The summed E-state index contributed by atoms with van der Waals surface area (Å²) in [5.41, 5.74) is -0.0763. The number of aliphatic hydroxyl groups is 1. The van der Waals surface area contributed by atoms with Crippen LogP contribution in [-0.2, 0) is 14.1 Å². The number of nitrogens with one attached hydrogen (secondary N) is 1. The van der Waals surface area contributed by atoms with E-state index in [9.17, 15) is 14.7 Å². The fraction of sp³-hybridized carbons (Fsp3) is 0.583. The Bertz CT molecular complexity index is 772. The summed E-state index contributed by atoms with van der Waals surface area (Å²) < 4.78 is 2.42. The maximum Gasteiger partial charge on any atom is 0.332 e. The molecule has 8 nitrogen and oxygen atoms in total. The molecule has 0 radical (unpaired) electrons. The number of aromatic nitrogens is 4. The average Bonchev–Trinajstić information content (AvgIpc) is 3.08. The first kappa shape index (κ1) is 12.9. The van der Waals surface area contributed by atoms with Gasteiger partial charge in [-0.05, 0) is 6.42 Å². The van der Waals surface area contributed by atoms with Crippen molar-refractivity contribution in [3.8, 4) is 0 Å². The minimum Gasteiger partial charge on any atom is -0.396 e. The van der Waals surface area contributed by atoms with Gasteiger partial charge in [-0.2, -0.15) is 4.98 Å². The van der Waals surface area contributed by atoms with Gasteiger partial charge in [0.2, 0.25) is 5.95 Å². The Morgan fingerprint density at radius 1 is 1.35 bits per heavy atom. The third-order valence-electron chi connectivity index (χ3n) is 3.93. The van der Waals surface area contributed by atoms with Crippen LogP contribution >= 0.6 is 0 Å². The molecule has 108 valence electrons. The largest absolute Gasteiger partial charge is 0.396 e. The van der Waals surface area contributed by atoms with E-state index in [2.05, 4.69) is 9.97 Å². The molecule has 0 amide bonds. The number of nitrogens with zero attached hydrogens (tertiary/aromatic N) is 4. The van der Waals surface area contributed by atoms with Crippen molar-refractivity contribution in [1.29, 1.82) is 0 Å². The van der Waals surface area contributed by atoms with Gasteiger partial charge in [0, 0.05) is 39.7 Å². The first-order chi connectivity index (χ1) is 9.52. The molecule has 1 aliphatic heterocycles. The maximum absolute atomic E-state index is 12.1. The second kappa shape index (κ2) is 4.48. The normalized spacial score (nSPS) is 19.1. The lowest BCUT2D eigenvalue weighted by molar-refractivity contribution is 0.238. The van der Waals surface area contributed by atoms with Gasteiger partial charge in [0.1, 0.15) is 0 Å². The highest BCUT2D eigenvalue weighted by molar-refractivity contribution is 5.73. The molecule has 0 aliphatic carbocycles. The zero-order chi connectivity index (χ0) is 14.4. The minimum atomic E-state index is -0.393. The van der Waals surface area contributed by atoms with Crippen LogP contribution in [0.25, 0.3) is 11.2 Å². The molecule has 2 N–H and O–H groups in total. The first-order valence-corrected chi connectivity index (χ1v) is 6.54. The van der Waals surface area contributed by atoms with Crippen molar-refractivity contribution in [1.82, 2.24) is 19.1 Å². The average molecular weight is 279 g/mol. The van der Waals surface area contributed by atoms with Crippen LogP contribution in [0, 0.1) is 5.92 Å². The number of aliphatic hydroxyl groups excluding tert-OH is 1. The lowest BCUT2D eigenvalue weighted by Gasteiger charge is -2.13. The summed E-state index contributed by atoms with van der Waals surface area (Å²) in [6.45, 7) is 1.63. The van der Waals surface area contributed by atoms with E-state index in [0.717, 1.165) is 17.5 Å². The Morgan fingerprint density at radius 2 is 2.10 bits per heavy atom. The van der Waals surface area contributed by atoms with Crippen molar-refractivity contribution in [2.45, 2.75) is 6.42 Å². The first-order valence-electron chi connectivity index (χ1n) is 6.54. The number of hydrogen-bond acceptors (Lipinski definition) is 5. The number of aromatic amines is 1. The summed E-state index contributed by atoms with van der Waals surface area (Å²) >= 11 is 0. The molecule has 2 aromatic heterocycles. The van der Waals surface area contributed by atoms with Crippen molar-refractivity contribution in [3.63, 3.8) is 0 Å². The van der Waals surface area contributed by atoms with E-state index in [-0.39, 0.29) is 18.1 Å². The van der Waals surface area contributed by atoms with Crippen LogP contribution < -0.4 is 16.1 Å². The summed E-state index contributed by atoms with van der Waals surface area (Å²) in [4.78, 5) is 33.3. The monoisotopic (exact) mass is 279 g/mol. The van der Waals surface area contributed by atoms with Crippen LogP contribution in [0.3, 0.4) is 0 Å². The summed E-state index contributed by atoms with van der Waals surface area (Å²) in [7, 11) is 3.04. The molecule has 1 fully saturated rings. The smallest absolute Gasteiger partial charge is 0.332 e. The van der Waals surface area contributed by atoms with E-state index >= 15 is 0 Å². The second-order valence-electron chi connectivity index (χ2n) is 5.25. The van der Waals surface area contributed by atoms with Crippen LogP contribution in [0.4, 0.5) is 5.95 Å². The topological polar surface area (TPSA) is 96.2 Å². The van der Waals surface area contributed by atoms with E-state index in [0.29, 0.717) is 23.7 Å². The molecule has 0 spiro atoms. The van der Waals surface area contributed by atoms with Gasteiger partial charge in [-0.1, -0.05) is 0 Å². The van der Waals surface area contributed by atoms with E-state index in [1.54, 1.807) is 7.05 Å². The highest BCUT2D eigenvalue weighted by Gasteiger charge is 2.25. The summed E-state index contributed by atoms with van der Waals surface area (Å²) in [6.07, 6.45) is 0.893. The SMILES string of the molecule is Cn1c(=O)c2[nH]c(N3CCC(CO)C3)nc2n(C)c1=O. The molecule has 20 heavy (non-hydrogen) atoms. The predicted molar refractivity (Wildman–Crippen MR) is 74.0 cm³/mol. The molecule has 1 unspecified atom stereocenters.